The third-order valence-electron chi connectivity index (χ3n) is 4.01. The minimum Gasteiger partial charge on any atom is -0.423 e. The Hall–Kier alpha value is -1.17. The zero-order valence-electron chi connectivity index (χ0n) is 11.9. The van der Waals surface area contributed by atoms with Gasteiger partial charge in [-0.3, -0.25) is 0 Å². The fourth-order valence-corrected chi connectivity index (χ4v) is 3.32. The van der Waals surface area contributed by atoms with Gasteiger partial charge in [-0.15, -0.1) is 0 Å². The van der Waals surface area contributed by atoms with E-state index in [1.165, 1.54) is 0 Å². The van der Waals surface area contributed by atoms with Crippen molar-refractivity contribution in [2.24, 2.45) is 5.92 Å². The molecule has 0 aliphatic heterocycles. The van der Waals surface area contributed by atoms with Gasteiger partial charge in [0.25, 0.3) is 0 Å². The number of aliphatic hydroxyl groups excluding tert-OH is 1. The summed E-state index contributed by atoms with van der Waals surface area (Å²) >= 11 is 3.39. The molecule has 0 unspecified atom stereocenters. The van der Waals surface area contributed by atoms with Crippen LogP contribution in [0.15, 0.2) is 37.9 Å². The highest BCUT2D eigenvalue weighted by atomic mass is 79.9. The maximum absolute atomic E-state index is 11.7. The topological polar surface area (TPSA) is 53.7 Å². The quantitative estimate of drug-likeness (QED) is 0.860. The van der Waals surface area contributed by atoms with Crippen LogP contribution in [0, 0.1) is 5.92 Å². The molecule has 0 amide bonds. The van der Waals surface area contributed by atoms with Gasteiger partial charge in [0.1, 0.15) is 5.58 Å². The standard InChI is InChI=1S/C16H18BrNO3/c1-18(8-10-4-13(19)5-10)9-11-6-16(20)21-15-7-12(17)2-3-14(11)15/h2-3,6-7,10,13,19H,4-5,8-9H2,1H3. The zero-order valence-corrected chi connectivity index (χ0v) is 13.5. The Morgan fingerprint density at radius 3 is 2.86 bits per heavy atom. The molecule has 2 aromatic rings. The SMILES string of the molecule is CN(Cc1cc(=O)oc2cc(Br)ccc12)CC1CC(O)C1. The van der Waals surface area contributed by atoms with E-state index >= 15 is 0 Å². The van der Waals surface area contributed by atoms with Crippen LogP contribution < -0.4 is 5.63 Å². The number of halogens is 1. The van der Waals surface area contributed by atoms with Crippen molar-refractivity contribution in [3.8, 4) is 0 Å². The lowest BCUT2D eigenvalue weighted by Gasteiger charge is -2.34. The molecule has 4 nitrogen and oxygen atoms in total. The van der Waals surface area contributed by atoms with Gasteiger partial charge in [-0.2, -0.15) is 0 Å². The molecule has 3 rings (SSSR count). The second-order valence-electron chi connectivity index (χ2n) is 5.92. The van der Waals surface area contributed by atoms with Crippen molar-refractivity contribution >= 4 is 26.9 Å². The fourth-order valence-electron chi connectivity index (χ4n) is 2.98. The van der Waals surface area contributed by atoms with Crippen LogP contribution in [-0.4, -0.2) is 29.7 Å². The van der Waals surface area contributed by atoms with Crippen LogP contribution in [0.25, 0.3) is 11.0 Å². The van der Waals surface area contributed by atoms with Gasteiger partial charge < -0.3 is 14.4 Å². The molecule has 1 saturated carbocycles. The van der Waals surface area contributed by atoms with Gasteiger partial charge in [0.05, 0.1) is 6.10 Å². The molecule has 1 aliphatic carbocycles. The Balaban J connectivity index is 1.81. The number of benzene rings is 1. The molecule has 0 atom stereocenters. The Kier molecular flexibility index (Phi) is 4.15. The van der Waals surface area contributed by atoms with Crippen molar-refractivity contribution in [2.45, 2.75) is 25.5 Å². The number of hydrogen-bond donors (Lipinski definition) is 1. The highest BCUT2D eigenvalue weighted by Gasteiger charge is 2.27. The monoisotopic (exact) mass is 351 g/mol. The molecule has 0 spiro atoms. The van der Waals surface area contributed by atoms with E-state index in [0.29, 0.717) is 18.0 Å². The molecule has 21 heavy (non-hydrogen) atoms. The lowest BCUT2D eigenvalue weighted by atomic mass is 9.82. The van der Waals surface area contributed by atoms with E-state index in [1.807, 2.05) is 25.2 Å². The van der Waals surface area contributed by atoms with Crippen LogP contribution in [0.4, 0.5) is 0 Å². The molecular weight excluding hydrogens is 334 g/mol. The summed E-state index contributed by atoms with van der Waals surface area (Å²) in [5, 5.41) is 10.3. The maximum Gasteiger partial charge on any atom is 0.336 e. The Labute approximate surface area is 131 Å². The lowest BCUT2D eigenvalue weighted by Crippen LogP contribution is -2.36. The number of hydrogen-bond acceptors (Lipinski definition) is 4. The van der Waals surface area contributed by atoms with E-state index < -0.39 is 0 Å². The van der Waals surface area contributed by atoms with Gasteiger partial charge in [0.2, 0.25) is 0 Å². The smallest absolute Gasteiger partial charge is 0.336 e. The van der Waals surface area contributed by atoms with Crippen LogP contribution in [0.5, 0.6) is 0 Å². The highest BCUT2D eigenvalue weighted by Crippen LogP contribution is 2.28. The summed E-state index contributed by atoms with van der Waals surface area (Å²) in [6.07, 6.45) is 1.65. The largest absolute Gasteiger partial charge is 0.423 e. The molecule has 1 aromatic carbocycles. The number of rotatable bonds is 4. The minimum absolute atomic E-state index is 0.120. The average Bonchev–Trinajstić information content (AvgIpc) is 2.35. The van der Waals surface area contributed by atoms with Crippen molar-refractivity contribution < 1.29 is 9.52 Å². The van der Waals surface area contributed by atoms with Crippen molar-refractivity contribution in [1.82, 2.24) is 4.90 Å². The van der Waals surface area contributed by atoms with Gasteiger partial charge in [-0.05, 0) is 49.6 Å². The molecule has 0 radical (unpaired) electrons. The van der Waals surface area contributed by atoms with Gasteiger partial charge in [-0.25, -0.2) is 4.79 Å². The summed E-state index contributed by atoms with van der Waals surface area (Å²) in [5.41, 5.74) is 1.28. The third kappa shape index (κ3) is 3.36. The second kappa shape index (κ2) is 5.91. The normalized spacial score (nSPS) is 21.7. The Bertz CT molecular complexity index is 706. The summed E-state index contributed by atoms with van der Waals surface area (Å²) in [7, 11) is 2.05. The van der Waals surface area contributed by atoms with Crippen molar-refractivity contribution in [3.05, 3.63) is 44.7 Å². The summed E-state index contributed by atoms with van der Waals surface area (Å²) in [4.78, 5) is 13.9. The molecule has 0 saturated heterocycles. The molecule has 1 heterocycles. The van der Waals surface area contributed by atoms with Crippen molar-refractivity contribution in [2.75, 3.05) is 13.6 Å². The molecule has 1 aliphatic rings. The Morgan fingerprint density at radius 1 is 1.38 bits per heavy atom. The molecule has 5 heteroatoms. The Morgan fingerprint density at radius 2 is 2.14 bits per heavy atom. The van der Waals surface area contributed by atoms with Crippen LogP contribution in [0.2, 0.25) is 0 Å². The first-order valence-corrected chi connectivity index (χ1v) is 7.89. The third-order valence-corrected chi connectivity index (χ3v) is 4.51. The summed E-state index contributed by atoms with van der Waals surface area (Å²) in [5.74, 6) is 0.561. The summed E-state index contributed by atoms with van der Waals surface area (Å²) in [6, 6.07) is 7.32. The number of aliphatic hydroxyl groups is 1. The van der Waals surface area contributed by atoms with E-state index in [2.05, 4.69) is 20.8 Å². The fraction of sp³-hybridized carbons (Fsp3) is 0.438. The van der Waals surface area contributed by atoms with Crippen molar-refractivity contribution in [3.63, 3.8) is 0 Å². The van der Waals surface area contributed by atoms with Crippen LogP contribution >= 0.6 is 15.9 Å². The lowest BCUT2D eigenvalue weighted by molar-refractivity contribution is 0.0274. The van der Waals surface area contributed by atoms with E-state index in [-0.39, 0.29) is 11.7 Å². The first kappa shape index (κ1) is 14.8. The molecule has 112 valence electrons. The number of nitrogens with zero attached hydrogens (tertiary/aromatic N) is 1. The molecule has 1 aromatic heterocycles. The first-order chi connectivity index (χ1) is 10.0. The summed E-state index contributed by atoms with van der Waals surface area (Å²) < 4.78 is 6.15. The maximum atomic E-state index is 11.7. The molecule has 1 fully saturated rings. The molecular formula is C16H18BrNO3. The van der Waals surface area contributed by atoms with Crippen molar-refractivity contribution in [1.29, 1.82) is 0 Å². The first-order valence-electron chi connectivity index (χ1n) is 7.10. The predicted molar refractivity (Wildman–Crippen MR) is 85.2 cm³/mol. The second-order valence-corrected chi connectivity index (χ2v) is 6.83. The summed E-state index contributed by atoms with van der Waals surface area (Å²) in [6.45, 7) is 1.64. The average molecular weight is 352 g/mol. The van der Waals surface area contributed by atoms with Gasteiger partial charge >= 0.3 is 5.63 Å². The zero-order chi connectivity index (χ0) is 15.0. The van der Waals surface area contributed by atoms with Gasteiger partial charge in [-0.1, -0.05) is 15.9 Å². The minimum atomic E-state index is -0.317. The van der Waals surface area contributed by atoms with E-state index in [9.17, 15) is 9.90 Å². The molecule has 0 bridgehead atoms. The van der Waals surface area contributed by atoms with Crippen LogP contribution in [0.1, 0.15) is 18.4 Å². The van der Waals surface area contributed by atoms with E-state index in [1.54, 1.807) is 6.07 Å². The highest BCUT2D eigenvalue weighted by molar-refractivity contribution is 9.10. The predicted octanol–water partition coefficient (Wildman–Crippen LogP) is 2.76. The van der Waals surface area contributed by atoms with Gasteiger partial charge in [0, 0.05) is 29.0 Å². The van der Waals surface area contributed by atoms with Crippen LogP contribution in [-0.2, 0) is 6.54 Å². The van der Waals surface area contributed by atoms with E-state index in [4.69, 9.17) is 4.42 Å². The molecule has 1 N–H and O–H groups in total. The van der Waals surface area contributed by atoms with Crippen LogP contribution in [0.3, 0.4) is 0 Å². The number of fused-ring (bicyclic) bond motifs is 1. The van der Waals surface area contributed by atoms with E-state index in [0.717, 1.165) is 34.8 Å². The van der Waals surface area contributed by atoms with Gasteiger partial charge in [0.15, 0.2) is 0 Å².